The topological polar surface area (TPSA) is 50.9 Å². The number of anilines is 2. The minimum atomic E-state index is -0.234. The molecular weight excluding hydrogens is 261 g/mol. The SMILES string of the molecule is Nc1c(NCc2cccc(F)c2)ccc2scnc12. The molecule has 0 saturated heterocycles. The van der Waals surface area contributed by atoms with Crippen molar-refractivity contribution in [1.82, 2.24) is 4.98 Å². The van der Waals surface area contributed by atoms with Crippen LogP contribution >= 0.6 is 11.3 Å². The van der Waals surface area contributed by atoms with Crippen molar-refractivity contribution >= 4 is 32.9 Å². The van der Waals surface area contributed by atoms with Crippen LogP contribution < -0.4 is 11.1 Å². The average molecular weight is 273 g/mol. The fraction of sp³-hybridized carbons (Fsp3) is 0.0714. The summed E-state index contributed by atoms with van der Waals surface area (Å²) in [6.45, 7) is 0.525. The van der Waals surface area contributed by atoms with Gasteiger partial charge in [-0.3, -0.25) is 0 Å². The number of hydrogen-bond donors (Lipinski definition) is 2. The first kappa shape index (κ1) is 11.9. The van der Waals surface area contributed by atoms with Crippen LogP contribution in [0.2, 0.25) is 0 Å². The van der Waals surface area contributed by atoms with E-state index >= 15 is 0 Å². The minimum absolute atomic E-state index is 0.234. The molecule has 2 aromatic carbocycles. The predicted molar refractivity (Wildman–Crippen MR) is 77.8 cm³/mol. The van der Waals surface area contributed by atoms with Gasteiger partial charge in [-0.1, -0.05) is 12.1 Å². The predicted octanol–water partition coefficient (Wildman–Crippen LogP) is 3.63. The maximum absolute atomic E-state index is 13.1. The van der Waals surface area contributed by atoms with E-state index in [0.29, 0.717) is 12.2 Å². The van der Waals surface area contributed by atoms with Crippen LogP contribution in [-0.4, -0.2) is 4.98 Å². The molecule has 3 rings (SSSR count). The van der Waals surface area contributed by atoms with Gasteiger partial charge in [-0.05, 0) is 29.8 Å². The highest BCUT2D eigenvalue weighted by atomic mass is 32.1. The number of nitrogens with one attached hydrogen (secondary N) is 1. The molecule has 96 valence electrons. The van der Waals surface area contributed by atoms with Crippen molar-refractivity contribution in [3.63, 3.8) is 0 Å². The van der Waals surface area contributed by atoms with Gasteiger partial charge < -0.3 is 11.1 Å². The lowest BCUT2D eigenvalue weighted by Crippen LogP contribution is -2.03. The standard InChI is InChI=1S/C14H12FN3S/c15-10-3-1-2-9(6-10)7-17-11-4-5-12-14(13(11)16)18-8-19-12/h1-6,8,17H,7,16H2. The summed E-state index contributed by atoms with van der Waals surface area (Å²) in [5.41, 5.74) is 11.0. The molecule has 0 aliphatic carbocycles. The van der Waals surface area contributed by atoms with E-state index < -0.39 is 0 Å². The number of nitrogens with zero attached hydrogens (tertiary/aromatic N) is 1. The zero-order chi connectivity index (χ0) is 13.2. The summed E-state index contributed by atoms with van der Waals surface area (Å²) in [5.74, 6) is -0.234. The van der Waals surface area contributed by atoms with Gasteiger partial charge in [-0.2, -0.15) is 0 Å². The highest BCUT2D eigenvalue weighted by Crippen LogP contribution is 2.30. The Morgan fingerprint density at radius 3 is 3.00 bits per heavy atom. The number of benzene rings is 2. The lowest BCUT2D eigenvalue weighted by atomic mass is 10.2. The van der Waals surface area contributed by atoms with E-state index in [2.05, 4.69) is 10.3 Å². The highest BCUT2D eigenvalue weighted by Gasteiger charge is 2.06. The van der Waals surface area contributed by atoms with Gasteiger partial charge in [0, 0.05) is 6.54 Å². The molecule has 19 heavy (non-hydrogen) atoms. The Morgan fingerprint density at radius 1 is 1.26 bits per heavy atom. The smallest absolute Gasteiger partial charge is 0.123 e. The average Bonchev–Trinajstić information content (AvgIpc) is 2.87. The largest absolute Gasteiger partial charge is 0.395 e. The summed E-state index contributed by atoms with van der Waals surface area (Å²) in [7, 11) is 0. The number of hydrogen-bond acceptors (Lipinski definition) is 4. The molecule has 0 bridgehead atoms. The number of fused-ring (bicyclic) bond motifs is 1. The van der Waals surface area contributed by atoms with Crippen LogP contribution in [0.15, 0.2) is 41.9 Å². The van der Waals surface area contributed by atoms with Gasteiger partial charge in [-0.25, -0.2) is 9.37 Å². The first-order chi connectivity index (χ1) is 9.24. The molecule has 3 N–H and O–H groups in total. The van der Waals surface area contributed by atoms with Crippen molar-refractivity contribution in [2.75, 3.05) is 11.1 Å². The van der Waals surface area contributed by atoms with Crippen LogP contribution in [0.5, 0.6) is 0 Å². The third-order valence-corrected chi connectivity index (χ3v) is 3.71. The van der Waals surface area contributed by atoms with E-state index in [-0.39, 0.29) is 5.82 Å². The number of aromatic nitrogens is 1. The van der Waals surface area contributed by atoms with E-state index in [9.17, 15) is 4.39 Å². The molecule has 0 fully saturated rings. The van der Waals surface area contributed by atoms with Gasteiger partial charge in [0.2, 0.25) is 0 Å². The summed E-state index contributed by atoms with van der Waals surface area (Å²) < 4.78 is 14.1. The van der Waals surface area contributed by atoms with Gasteiger partial charge in [0.1, 0.15) is 11.3 Å². The lowest BCUT2D eigenvalue weighted by Gasteiger charge is -2.09. The second-order valence-corrected chi connectivity index (χ2v) is 5.10. The molecule has 0 atom stereocenters. The van der Waals surface area contributed by atoms with Crippen molar-refractivity contribution in [2.45, 2.75) is 6.54 Å². The fourth-order valence-corrected chi connectivity index (χ4v) is 2.64. The number of halogens is 1. The van der Waals surface area contributed by atoms with E-state index in [4.69, 9.17) is 5.73 Å². The first-order valence-electron chi connectivity index (χ1n) is 5.84. The van der Waals surface area contributed by atoms with Crippen LogP contribution in [0.4, 0.5) is 15.8 Å². The van der Waals surface area contributed by atoms with E-state index in [1.165, 1.54) is 12.1 Å². The Morgan fingerprint density at radius 2 is 2.16 bits per heavy atom. The molecule has 3 aromatic rings. The number of thiazole rings is 1. The van der Waals surface area contributed by atoms with E-state index in [0.717, 1.165) is 21.5 Å². The maximum atomic E-state index is 13.1. The molecule has 0 aliphatic heterocycles. The minimum Gasteiger partial charge on any atom is -0.395 e. The molecule has 1 aromatic heterocycles. The van der Waals surface area contributed by atoms with Crippen LogP contribution in [0.3, 0.4) is 0 Å². The summed E-state index contributed by atoms with van der Waals surface area (Å²) in [6, 6.07) is 10.4. The van der Waals surface area contributed by atoms with Gasteiger partial charge in [0.15, 0.2) is 0 Å². The van der Waals surface area contributed by atoms with Crippen LogP contribution in [0.25, 0.3) is 10.2 Å². The second-order valence-electron chi connectivity index (χ2n) is 4.21. The van der Waals surface area contributed by atoms with Gasteiger partial charge in [0.25, 0.3) is 0 Å². The zero-order valence-corrected chi connectivity index (χ0v) is 10.9. The normalized spacial score (nSPS) is 10.8. The number of rotatable bonds is 3. The summed E-state index contributed by atoms with van der Waals surface area (Å²) in [6.07, 6.45) is 0. The summed E-state index contributed by atoms with van der Waals surface area (Å²) >= 11 is 1.56. The third kappa shape index (κ3) is 2.37. The number of nitrogens with two attached hydrogens (primary N) is 1. The molecule has 0 radical (unpaired) electrons. The van der Waals surface area contributed by atoms with Crippen molar-refractivity contribution in [3.05, 3.63) is 53.3 Å². The van der Waals surface area contributed by atoms with E-state index in [1.54, 1.807) is 22.9 Å². The van der Waals surface area contributed by atoms with Gasteiger partial charge in [-0.15, -0.1) is 11.3 Å². The van der Waals surface area contributed by atoms with Crippen molar-refractivity contribution in [1.29, 1.82) is 0 Å². The van der Waals surface area contributed by atoms with Crippen molar-refractivity contribution in [2.24, 2.45) is 0 Å². The Hall–Kier alpha value is -2.14. The van der Waals surface area contributed by atoms with Crippen LogP contribution in [-0.2, 0) is 6.54 Å². The summed E-state index contributed by atoms with van der Waals surface area (Å²) in [4.78, 5) is 4.24. The Bertz CT molecular complexity index is 724. The maximum Gasteiger partial charge on any atom is 0.123 e. The third-order valence-electron chi connectivity index (χ3n) is 2.91. The molecule has 0 unspecified atom stereocenters. The van der Waals surface area contributed by atoms with Crippen LogP contribution in [0.1, 0.15) is 5.56 Å². The Kier molecular flexibility index (Phi) is 3.05. The number of nitrogen functional groups attached to an aromatic ring is 1. The van der Waals surface area contributed by atoms with Gasteiger partial charge >= 0.3 is 0 Å². The highest BCUT2D eigenvalue weighted by molar-refractivity contribution is 7.16. The fourth-order valence-electron chi connectivity index (χ4n) is 1.95. The quantitative estimate of drug-likeness (QED) is 0.716. The Labute approximate surface area is 113 Å². The molecule has 5 heteroatoms. The van der Waals surface area contributed by atoms with Crippen molar-refractivity contribution < 1.29 is 4.39 Å². The molecule has 1 heterocycles. The molecule has 3 nitrogen and oxygen atoms in total. The molecule has 0 amide bonds. The van der Waals surface area contributed by atoms with E-state index in [1.807, 2.05) is 18.2 Å². The van der Waals surface area contributed by atoms with Gasteiger partial charge in [0.05, 0.1) is 21.6 Å². The Balaban J connectivity index is 1.83. The second kappa shape index (κ2) is 4.85. The summed E-state index contributed by atoms with van der Waals surface area (Å²) in [5, 5.41) is 3.21. The van der Waals surface area contributed by atoms with Crippen LogP contribution in [0, 0.1) is 5.82 Å². The lowest BCUT2D eigenvalue weighted by molar-refractivity contribution is 0.626. The molecule has 0 saturated carbocycles. The van der Waals surface area contributed by atoms with Crippen molar-refractivity contribution in [3.8, 4) is 0 Å². The molecule has 0 aliphatic rings. The monoisotopic (exact) mass is 273 g/mol. The molecule has 0 spiro atoms. The first-order valence-corrected chi connectivity index (χ1v) is 6.72. The molecular formula is C14H12FN3S. The zero-order valence-electron chi connectivity index (χ0n) is 10.1.